The normalized spacial score (nSPS) is 48.4. The van der Waals surface area contributed by atoms with E-state index in [-0.39, 0.29) is 51.9 Å². The summed E-state index contributed by atoms with van der Waals surface area (Å²) in [6, 6.07) is 0. The molecule has 4 aliphatic heterocycles. The molecule has 20 unspecified atom stereocenters. The molecule has 24 nitrogen and oxygen atoms in total. The second-order valence-corrected chi connectivity index (χ2v) is 14.0. The Balaban J connectivity index is 0.000000729. The maximum atomic E-state index is 9.73. The third-order valence-corrected chi connectivity index (χ3v) is 10.8. The molecule has 20 atom stereocenters. The van der Waals surface area contributed by atoms with Gasteiger partial charge >= 0.3 is 0 Å². The first-order valence-corrected chi connectivity index (χ1v) is 18.0. The van der Waals surface area contributed by atoms with Crippen molar-refractivity contribution in [2.75, 3.05) is 26.4 Å². The van der Waals surface area contributed by atoms with Crippen molar-refractivity contribution in [3.05, 3.63) is 0 Å². The fraction of sp³-hybridized carbons (Fsp3) is 1.00. The van der Waals surface area contributed by atoms with Crippen LogP contribution in [0.15, 0.2) is 0 Å². The molecule has 0 bridgehead atoms. The summed E-state index contributed by atoms with van der Waals surface area (Å²) in [6.07, 6.45) is -22.4. The van der Waals surface area contributed by atoms with Gasteiger partial charge in [-0.3, -0.25) is 0 Å². The van der Waals surface area contributed by atoms with Crippen molar-refractivity contribution in [1.82, 2.24) is 0 Å². The first kappa shape index (κ1) is 56.9. The zero-order chi connectivity index (χ0) is 43.7. The number of ether oxygens (including phenoxy) is 4. The van der Waals surface area contributed by atoms with Crippen LogP contribution in [-0.4, -0.2) is 249 Å². The molecule has 25 heteroatoms. The van der Waals surface area contributed by atoms with Gasteiger partial charge in [-0.05, 0) is 25.7 Å². The van der Waals surface area contributed by atoms with Crippen molar-refractivity contribution >= 4 is 0 Å². The summed E-state index contributed by atoms with van der Waals surface area (Å²) in [5.41, 5.74) is -7.54. The van der Waals surface area contributed by atoms with Crippen LogP contribution in [0.4, 0.5) is 0 Å². The molecular weight excluding hydrogens is 860 g/mol. The van der Waals surface area contributed by atoms with Crippen LogP contribution in [0, 0.1) is 0 Å². The molecule has 340 valence electrons. The van der Waals surface area contributed by atoms with Crippen LogP contribution < -0.4 is 0 Å². The van der Waals surface area contributed by atoms with Gasteiger partial charge in [0.05, 0.1) is 26.4 Å². The van der Waals surface area contributed by atoms with E-state index in [4.69, 9.17) is 39.4 Å². The summed E-state index contributed by atoms with van der Waals surface area (Å²) in [6.45, 7) is 4.04. The number of aliphatic hydroxyl groups is 20. The predicted octanol–water partition coefficient (Wildman–Crippen LogP) is -9.77. The average Bonchev–Trinajstić information content (AvgIpc) is 3.20. The van der Waals surface area contributed by atoms with Crippen molar-refractivity contribution in [3.63, 3.8) is 0 Å². The fourth-order valence-electron chi connectivity index (χ4n) is 6.18. The fourth-order valence-corrected chi connectivity index (χ4v) is 6.18. The van der Waals surface area contributed by atoms with Crippen LogP contribution in [-0.2, 0) is 45.2 Å². The third kappa shape index (κ3) is 12.1. The Labute approximate surface area is 347 Å². The van der Waals surface area contributed by atoms with Crippen LogP contribution in [0.25, 0.3) is 0 Å². The minimum absolute atomic E-state index is 0. The second kappa shape index (κ2) is 24.0. The van der Waals surface area contributed by atoms with E-state index in [1.807, 2.05) is 0 Å². The smallest absolute Gasteiger partial charge is 0.186 e. The summed E-state index contributed by atoms with van der Waals surface area (Å²) in [5, 5.41) is 187. The molecule has 4 rings (SSSR count). The van der Waals surface area contributed by atoms with E-state index in [1.54, 1.807) is 27.7 Å². The first-order valence-electron chi connectivity index (χ1n) is 18.0. The third-order valence-electron chi connectivity index (χ3n) is 10.8. The van der Waals surface area contributed by atoms with Gasteiger partial charge < -0.3 is 121 Å². The molecule has 4 saturated heterocycles. The molecule has 0 amide bonds. The maximum Gasteiger partial charge on any atom is 0.186 e. The van der Waals surface area contributed by atoms with Crippen LogP contribution >= 0.6 is 0 Å². The van der Waals surface area contributed by atoms with Gasteiger partial charge in [0, 0.05) is 26.2 Å². The summed E-state index contributed by atoms with van der Waals surface area (Å²) in [5.74, 6) is 0. The molecule has 0 aliphatic carbocycles. The molecule has 0 aromatic rings. The topological polar surface area (TPSA) is 442 Å². The molecule has 0 saturated carbocycles. The number of hydrogen-bond donors (Lipinski definition) is 20. The van der Waals surface area contributed by atoms with Gasteiger partial charge in [-0.25, -0.2) is 0 Å². The summed E-state index contributed by atoms with van der Waals surface area (Å²) < 4.78 is 19.1. The molecule has 20 N–H and O–H groups in total. The van der Waals surface area contributed by atoms with Crippen LogP contribution in [0.1, 0.15) is 53.4 Å². The Morgan fingerprint density at radius 2 is 0.474 bits per heavy atom. The van der Waals surface area contributed by atoms with Gasteiger partial charge in [-0.1, -0.05) is 27.7 Å². The van der Waals surface area contributed by atoms with Crippen molar-refractivity contribution in [3.8, 4) is 0 Å². The first-order chi connectivity index (χ1) is 25.9. The average molecular weight is 924 g/mol. The predicted molar refractivity (Wildman–Crippen MR) is 181 cm³/mol. The van der Waals surface area contributed by atoms with Crippen molar-refractivity contribution in [1.29, 1.82) is 0 Å². The standard InChI is InChI=1S/4C8H16O6.Zr/c4*1-2-8(13)6(11)5(10)4(3-9)14-7(8)12;/h4*4-7,9-13H,2-3H2,1H3;. The van der Waals surface area contributed by atoms with E-state index in [0.717, 1.165) is 0 Å². The molecule has 0 aromatic heterocycles. The van der Waals surface area contributed by atoms with Crippen LogP contribution in [0.5, 0.6) is 0 Å². The molecule has 4 fully saturated rings. The Kier molecular flexibility index (Phi) is 23.9. The van der Waals surface area contributed by atoms with E-state index in [9.17, 15) is 81.7 Å². The minimum atomic E-state index is -1.88. The van der Waals surface area contributed by atoms with Crippen LogP contribution in [0.3, 0.4) is 0 Å². The van der Waals surface area contributed by atoms with E-state index in [0.29, 0.717) is 0 Å². The monoisotopic (exact) mass is 922 g/mol. The van der Waals surface area contributed by atoms with Gasteiger partial charge in [-0.2, -0.15) is 0 Å². The maximum absolute atomic E-state index is 9.73. The Morgan fingerprint density at radius 3 is 0.579 bits per heavy atom. The summed E-state index contributed by atoms with van der Waals surface area (Å²) in [4.78, 5) is 0. The van der Waals surface area contributed by atoms with Crippen LogP contribution in [0.2, 0.25) is 0 Å². The SMILES string of the molecule is CCC1(O)C(O)OC(CO)C(O)C1O.CCC1(O)C(O)OC(CO)C(O)C1O.CCC1(O)C(O)OC(CO)C(O)C1O.CCC1(O)C(O)OC(CO)C(O)C1O.[Zr]. The summed E-state index contributed by atoms with van der Waals surface area (Å²) in [7, 11) is 0. The van der Waals surface area contributed by atoms with Crippen molar-refractivity contribution in [2.45, 2.75) is 174 Å². The second-order valence-electron chi connectivity index (χ2n) is 14.0. The van der Waals surface area contributed by atoms with Gasteiger partial charge in [0.15, 0.2) is 25.2 Å². The van der Waals surface area contributed by atoms with Gasteiger partial charge in [-0.15, -0.1) is 0 Å². The number of hydrogen-bond acceptors (Lipinski definition) is 24. The Bertz CT molecular complexity index is 968. The van der Waals surface area contributed by atoms with E-state index in [1.165, 1.54) is 0 Å². The van der Waals surface area contributed by atoms with E-state index >= 15 is 0 Å². The van der Waals surface area contributed by atoms with Gasteiger partial charge in [0.25, 0.3) is 0 Å². The molecule has 57 heavy (non-hydrogen) atoms. The van der Waals surface area contributed by atoms with E-state index < -0.39 is 147 Å². The summed E-state index contributed by atoms with van der Waals surface area (Å²) >= 11 is 0. The minimum Gasteiger partial charge on any atom is -0.394 e. The number of aliphatic hydroxyl groups excluding tert-OH is 16. The van der Waals surface area contributed by atoms with Gasteiger partial charge in [0.1, 0.15) is 95.7 Å². The molecule has 4 heterocycles. The zero-order valence-electron chi connectivity index (χ0n) is 32.0. The molecule has 0 spiro atoms. The molecule has 4 aliphatic rings. The number of rotatable bonds is 8. The molecule has 0 radical (unpaired) electrons. The largest absolute Gasteiger partial charge is 0.394 e. The van der Waals surface area contributed by atoms with Crippen molar-refractivity contribution in [2.24, 2.45) is 0 Å². The molecular formula is C32H64O24Zr. The Hall–Kier alpha value is -0.0769. The van der Waals surface area contributed by atoms with E-state index in [2.05, 4.69) is 0 Å². The van der Waals surface area contributed by atoms with Crippen molar-refractivity contribution < 1.29 is 147 Å². The zero-order valence-corrected chi connectivity index (χ0v) is 34.4. The van der Waals surface area contributed by atoms with Gasteiger partial charge in [0.2, 0.25) is 0 Å². The quantitative estimate of drug-likeness (QED) is 0.107. The Morgan fingerprint density at radius 1 is 0.333 bits per heavy atom. The molecule has 0 aromatic carbocycles.